The van der Waals surface area contributed by atoms with E-state index in [0.717, 1.165) is 0 Å². The molecule has 0 amide bonds. The third kappa shape index (κ3) is 5.69. The molecule has 0 fully saturated rings. The maximum Gasteiger partial charge on any atom is 0.268 e. The van der Waals surface area contributed by atoms with Gasteiger partial charge in [-0.25, -0.2) is 0 Å². The van der Waals surface area contributed by atoms with Crippen molar-refractivity contribution in [1.29, 1.82) is 10.5 Å². The number of hydrogen-bond donors (Lipinski definition) is 1. The fourth-order valence-electron chi connectivity index (χ4n) is 0.926. The van der Waals surface area contributed by atoms with Crippen molar-refractivity contribution >= 4 is 18.7 Å². The Morgan fingerprint density at radius 3 is 2.47 bits per heavy atom. The van der Waals surface area contributed by atoms with E-state index in [-0.39, 0.29) is 0 Å². The highest BCUT2D eigenvalue weighted by Gasteiger charge is 2.27. The topological polar surface area (TPSA) is 102 Å². The van der Waals surface area contributed by atoms with Gasteiger partial charge in [-0.3, -0.25) is 4.55 Å². The molecule has 5 nitrogen and oxygen atoms in total. The van der Waals surface area contributed by atoms with Gasteiger partial charge in [0.15, 0.2) is 0 Å². The van der Waals surface area contributed by atoms with Gasteiger partial charge in [-0.1, -0.05) is 0 Å². The molecule has 1 N–H and O–H groups in total. The van der Waals surface area contributed by atoms with Crippen LogP contribution in [0.1, 0.15) is 13.3 Å². The van der Waals surface area contributed by atoms with Gasteiger partial charge in [0, 0.05) is 6.42 Å². The molecule has 0 aliphatic carbocycles. The van der Waals surface area contributed by atoms with E-state index in [4.69, 9.17) is 15.1 Å². The number of nitrogens with zero attached hydrogens (tertiary/aromatic N) is 2. The lowest BCUT2D eigenvalue weighted by atomic mass is 10.1. The fraction of sp³-hybridized carbons (Fsp3) is 0.750. The van der Waals surface area contributed by atoms with Crippen molar-refractivity contribution in [2.75, 3.05) is 12.3 Å². The van der Waals surface area contributed by atoms with Gasteiger partial charge in [0.2, 0.25) is 0 Å². The summed E-state index contributed by atoms with van der Waals surface area (Å²) in [5, 5.41) is 16.0. The lowest BCUT2D eigenvalue weighted by molar-refractivity contribution is 0.459. The Balaban J connectivity index is 4.18. The molecule has 0 aliphatic rings. The van der Waals surface area contributed by atoms with E-state index in [1.165, 1.54) is 6.92 Å². The molecule has 0 aliphatic heterocycles. The van der Waals surface area contributed by atoms with Crippen LogP contribution in [0.2, 0.25) is 0 Å². The van der Waals surface area contributed by atoms with Gasteiger partial charge in [0.25, 0.3) is 10.1 Å². The molecule has 1 unspecified atom stereocenters. The highest BCUT2D eigenvalue weighted by atomic mass is 32.2. The Morgan fingerprint density at radius 2 is 2.07 bits per heavy atom. The quantitative estimate of drug-likeness (QED) is 0.429. The third-order valence-corrected chi connectivity index (χ3v) is 4.58. The first-order valence-corrected chi connectivity index (χ1v) is 7.28. The molecule has 0 saturated carbocycles. The fourth-order valence-corrected chi connectivity index (χ4v) is 2.92. The normalized spacial score (nSPS) is 15.7. The van der Waals surface area contributed by atoms with Gasteiger partial charge < -0.3 is 0 Å². The summed E-state index contributed by atoms with van der Waals surface area (Å²) in [4.78, 5) is 0. The van der Waals surface area contributed by atoms with E-state index in [0.29, 0.717) is 27.3 Å². The Bertz CT molecular complexity index is 368. The summed E-state index contributed by atoms with van der Waals surface area (Å²) in [6.07, 6.45) is 1.50. The van der Waals surface area contributed by atoms with Crippen LogP contribution in [0.3, 0.4) is 0 Å². The second kappa shape index (κ2) is 6.74. The SMILES string of the molecule is C[C@@H]([C@@H](C#N)CPCCC#N)S(=O)(=O)O. The second-order valence-electron chi connectivity index (χ2n) is 3.07. The lowest BCUT2D eigenvalue weighted by Gasteiger charge is -2.13. The summed E-state index contributed by atoms with van der Waals surface area (Å²) in [7, 11) is -3.76. The Hall–Kier alpha value is -0.680. The Morgan fingerprint density at radius 1 is 1.47 bits per heavy atom. The largest absolute Gasteiger partial charge is 0.285 e. The molecular weight excluding hydrogens is 235 g/mol. The molecule has 0 rings (SSSR count). The summed E-state index contributed by atoms with van der Waals surface area (Å²) in [6.45, 7) is 1.32. The summed E-state index contributed by atoms with van der Waals surface area (Å²) in [5.74, 6) is -0.697. The average Bonchev–Trinajstić information content (AvgIpc) is 2.16. The summed E-state index contributed by atoms with van der Waals surface area (Å²) in [5.41, 5.74) is 0. The van der Waals surface area contributed by atoms with Crippen molar-refractivity contribution in [3.8, 4) is 12.1 Å². The zero-order valence-corrected chi connectivity index (χ0v) is 10.2. The maximum atomic E-state index is 10.8. The van der Waals surface area contributed by atoms with E-state index in [1.54, 1.807) is 0 Å². The first kappa shape index (κ1) is 14.3. The van der Waals surface area contributed by atoms with E-state index in [9.17, 15) is 8.42 Å². The van der Waals surface area contributed by atoms with E-state index in [2.05, 4.69) is 0 Å². The van der Waals surface area contributed by atoms with Crippen LogP contribution in [-0.2, 0) is 10.1 Å². The number of hydrogen-bond acceptors (Lipinski definition) is 4. The van der Waals surface area contributed by atoms with Crippen LogP contribution in [-0.4, -0.2) is 30.5 Å². The first-order chi connectivity index (χ1) is 6.93. The predicted octanol–water partition coefficient (Wildman–Crippen LogP) is 0.995. The monoisotopic (exact) mass is 248 g/mol. The molecule has 0 saturated heterocycles. The van der Waals surface area contributed by atoms with Gasteiger partial charge in [0.05, 0.1) is 23.3 Å². The van der Waals surface area contributed by atoms with Crippen molar-refractivity contribution in [3.05, 3.63) is 0 Å². The van der Waals surface area contributed by atoms with E-state index >= 15 is 0 Å². The molecular formula is C8H13N2O3PS. The van der Waals surface area contributed by atoms with Crippen molar-refractivity contribution in [2.24, 2.45) is 5.92 Å². The molecule has 0 aromatic heterocycles. The highest BCUT2D eigenvalue weighted by Crippen LogP contribution is 2.21. The van der Waals surface area contributed by atoms with Crippen LogP contribution in [0.25, 0.3) is 0 Å². The van der Waals surface area contributed by atoms with Gasteiger partial charge in [-0.15, -0.1) is 8.58 Å². The number of rotatable bonds is 6. The molecule has 0 spiro atoms. The zero-order chi connectivity index (χ0) is 11.9. The minimum Gasteiger partial charge on any atom is -0.285 e. The minimum absolute atomic E-state index is 0.377. The molecule has 0 bridgehead atoms. The average molecular weight is 248 g/mol. The third-order valence-electron chi connectivity index (χ3n) is 1.98. The van der Waals surface area contributed by atoms with Crippen LogP contribution >= 0.6 is 8.58 Å². The Kier molecular flexibility index (Phi) is 6.43. The van der Waals surface area contributed by atoms with Crippen molar-refractivity contribution < 1.29 is 13.0 Å². The molecule has 0 heterocycles. The Labute approximate surface area is 91.6 Å². The molecule has 15 heavy (non-hydrogen) atoms. The van der Waals surface area contributed by atoms with Crippen molar-refractivity contribution in [2.45, 2.75) is 18.6 Å². The molecule has 0 aromatic carbocycles. The van der Waals surface area contributed by atoms with E-state index in [1.807, 2.05) is 12.1 Å². The van der Waals surface area contributed by atoms with Crippen LogP contribution in [0, 0.1) is 28.6 Å². The minimum atomic E-state index is -4.14. The predicted molar refractivity (Wildman–Crippen MR) is 58.4 cm³/mol. The van der Waals surface area contributed by atoms with Crippen molar-refractivity contribution in [3.63, 3.8) is 0 Å². The van der Waals surface area contributed by atoms with Gasteiger partial charge in [-0.05, 0) is 19.2 Å². The summed E-state index contributed by atoms with van der Waals surface area (Å²) < 4.78 is 30.3. The molecule has 0 radical (unpaired) electrons. The lowest BCUT2D eigenvalue weighted by Crippen LogP contribution is -2.26. The van der Waals surface area contributed by atoms with Crippen molar-refractivity contribution in [1.82, 2.24) is 0 Å². The highest BCUT2D eigenvalue weighted by molar-refractivity contribution is 7.86. The summed E-state index contributed by atoms with van der Waals surface area (Å²) in [6, 6.07) is 3.85. The van der Waals surface area contributed by atoms with Crippen LogP contribution < -0.4 is 0 Å². The van der Waals surface area contributed by atoms with Crippen LogP contribution in [0.5, 0.6) is 0 Å². The van der Waals surface area contributed by atoms with Crippen LogP contribution in [0.15, 0.2) is 0 Å². The van der Waals surface area contributed by atoms with E-state index < -0.39 is 21.3 Å². The van der Waals surface area contributed by atoms with Gasteiger partial charge >= 0.3 is 0 Å². The molecule has 7 heteroatoms. The maximum absolute atomic E-state index is 10.8. The zero-order valence-electron chi connectivity index (χ0n) is 8.34. The van der Waals surface area contributed by atoms with Gasteiger partial charge in [0.1, 0.15) is 0 Å². The smallest absolute Gasteiger partial charge is 0.268 e. The number of nitriles is 2. The molecule has 0 aromatic rings. The summed E-state index contributed by atoms with van der Waals surface area (Å²) >= 11 is 0. The van der Waals surface area contributed by atoms with Crippen LogP contribution in [0.4, 0.5) is 0 Å². The second-order valence-corrected chi connectivity index (χ2v) is 6.25. The molecule has 3 atom stereocenters. The van der Waals surface area contributed by atoms with Gasteiger partial charge in [-0.2, -0.15) is 18.9 Å². The first-order valence-electron chi connectivity index (χ1n) is 4.37. The standard InChI is InChI=1S/C8H13N2O3PS/c1-7(15(11,12)13)8(5-10)6-14-4-2-3-9/h7-8,14H,2,4,6H2,1H3,(H,11,12,13)/t7-,8-/m0/s1. The molecule has 84 valence electrons.